The maximum Gasteiger partial charge on any atom is 0.0630 e. The minimum Gasteiger partial charge on any atom is -0.383 e. The lowest BCUT2D eigenvalue weighted by atomic mass is 10.1. The van der Waals surface area contributed by atoms with Crippen molar-refractivity contribution >= 4 is 0 Å². The Kier molecular flexibility index (Phi) is 6.96. The van der Waals surface area contributed by atoms with Gasteiger partial charge in [-0.1, -0.05) is 13.8 Å². The van der Waals surface area contributed by atoms with Crippen molar-refractivity contribution in [3.63, 3.8) is 0 Å². The van der Waals surface area contributed by atoms with Crippen LogP contribution in [0.5, 0.6) is 0 Å². The summed E-state index contributed by atoms with van der Waals surface area (Å²) in [6.07, 6.45) is 1.15. The van der Waals surface area contributed by atoms with Crippen molar-refractivity contribution in [1.29, 1.82) is 0 Å². The fraction of sp³-hybridized carbons (Fsp3) is 1.00. The van der Waals surface area contributed by atoms with E-state index in [1.54, 1.807) is 7.11 Å². The van der Waals surface area contributed by atoms with Crippen LogP contribution in [-0.4, -0.2) is 63.5 Å². The SMILES string of the molecule is CCNCC(COC)N1CCOCC1CC. The van der Waals surface area contributed by atoms with Crippen molar-refractivity contribution in [1.82, 2.24) is 10.2 Å². The zero-order valence-electron chi connectivity index (χ0n) is 10.9. The molecule has 0 aromatic rings. The molecule has 1 aliphatic heterocycles. The number of methoxy groups -OCH3 is 1. The predicted octanol–water partition coefficient (Wildman–Crippen LogP) is 0.722. The predicted molar refractivity (Wildman–Crippen MR) is 65.8 cm³/mol. The second-order valence-electron chi connectivity index (χ2n) is 4.29. The summed E-state index contributed by atoms with van der Waals surface area (Å²) in [6, 6.07) is 1.02. The van der Waals surface area contributed by atoms with Gasteiger partial charge in [-0.25, -0.2) is 0 Å². The monoisotopic (exact) mass is 230 g/mol. The van der Waals surface area contributed by atoms with E-state index in [4.69, 9.17) is 9.47 Å². The number of likely N-dealkylation sites (N-methyl/N-ethyl adjacent to an activating group) is 1. The quantitative estimate of drug-likeness (QED) is 0.699. The molecular weight excluding hydrogens is 204 g/mol. The van der Waals surface area contributed by atoms with Crippen molar-refractivity contribution in [3.8, 4) is 0 Å². The molecule has 0 aliphatic carbocycles. The average molecular weight is 230 g/mol. The molecule has 16 heavy (non-hydrogen) atoms. The molecule has 4 heteroatoms. The zero-order valence-corrected chi connectivity index (χ0v) is 10.9. The van der Waals surface area contributed by atoms with Gasteiger partial charge in [-0.05, 0) is 13.0 Å². The first-order valence-electron chi connectivity index (χ1n) is 6.36. The molecule has 1 saturated heterocycles. The number of hydrogen-bond acceptors (Lipinski definition) is 4. The lowest BCUT2D eigenvalue weighted by Crippen LogP contribution is -2.55. The number of ether oxygens (including phenoxy) is 2. The Bertz CT molecular complexity index is 178. The molecule has 0 spiro atoms. The molecule has 0 amide bonds. The van der Waals surface area contributed by atoms with Gasteiger partial charge in [0, 0.05) is 32.3 Å². The summed E-state index contributed by atoms with van der Waals surface area (Å²) < 4.78 is 10.9. The highest BCUT2D eigenvalue weighted by Gasteiger charge is 2.27. The molecule has 1 rings (SSSR count). The molecule has 1 N–H and O–H groups in total. The summed E-state index contributed by atoms with van der Waals surface area (Å²) in [5, 5.41) is 3.41. The fourth-order valence-corrected chi connectivity index (χ4v) is 2.28. The van der Waals surface area contributed by atoms with Crippen molar-refractivity contribution in [2.45, 2.75) is 32.4 Å². The third-order valence-electron chi connectivity index (χ3n) is 3.20. The van der Waals surface area contributed by atoms with E-state index in [1.807, 2.05) is 0 Å². The molecule has 0 aromatic carbocycles. The first-order valence-corrected chi connectivity index (χ1v) is 6.36. The number of hydrogen-bond donors (Lipinski definition) is 1. The van der Waals surface area contributed by atoms with Crippen LogP contribution in [0.4, 0.5) is 0 Å². The standard InChI is InChI=1S/C12H26N2O2/c1-4-11-10-16-7-6-14(11)12(9-15-3)8-13-5-2/h11-13H,4-10H2,1-3H3. The first kappa shape index (κ1) is 13.9. The first-order chi connectivity index (χ1) is 7.83. The molecule has 0 bridgehead atoms. The second kappa shape index (κ2) is 8.01. The van der Waals surface area contributed by atoms with E-state index < -0.39 is 0 Å². The highest BCUT2D eigenvalue weighted by molar-refractivity contribution is 4.82. The number of nitrogens with zero attached hydrogens (tertiary/aromatic N) is 1. The molecule has 4 nitrogen and oxygen atoms in total. The molecule has 0 aromatic heterocycles. The van der Waals surface area contributed by atoms with Gasteiger partial charge in [-0.2, -0.15) is 0 Å². The summed E-state index contributed by atoms with van der Waals surface area (Å²) in [4.78, 5) is 2.54. The average Bonchev–Trinajstić information content (AvgIpc) is 2.34. The van der Waals surface area contributed by atoms with Crippen LogP contribution in [0.1, 0.15) is 20.3 Å². The Morgan fingerprint density at radius 2 is 2.31 bits per heavy atom. The van der Waals surface area contributed by atoms with E-state index in [0.29, 0.717) is 12.1 Å². The van der Waals surface area contributed by atoms with Crippen molar-refractivity contribution in [3.05, 3.63) is 0 Å². The summed E-state index contributed by atoms with van der Waals surface area (Å²) in [6.45, 7) is 9.92. The number of nitrogens with one attached hydrogen (secondary N) is 1. The van der Waals surface area contributed by atoms with E-state index >= 15 is 0 Å². The van der Waals surface area contributed by atoms with E-state index in [2.05, 4.69) is 24.1 Å². The normalized spacial score (nSPS) is 24.6. The molecule has 1 fully saturated rings. The van der Waals surface area contributed by atoms with Crippen molar-refractivity contribution in [2.24, 2.45) is 0 Å². The van der Waals surface area contributed by atoms with Crippen LogP contribution in [0.2, 0.25) is 0 Å². The van der Waals surface area contributed by atoms with E-state index in [9.17, 15) is 0 Å². The molecule has 2 unspecified atom stereocenters. The van der Waals surface area contributed by atoms with Crippen LogP contribution in [0.25, 0.3) is 0 Å². The maximum absolute atomic E-state index is 5.53. The molecule has 96 valence electrons. The van der Waals surface area contributed by atoms with Gasteiger partial charge in [0.05, 0.1) is 19.8 Å². The molecule has 1 aliphatic rings. The minimum absolute atomic E-state index is 0.471. The van der Waals surface area contributed by atoms with Crippen molar-refractivity contribution < 1.29 is 9.47 Å². The van der Waals surface area contributed by atoms with Crippen LogP contribution in [0.3, 0.4) is 0 Å². The molecule has 1 heterocycles. The van der Waals surface area contributed by atoms with Crippen LogP contribution < -0.4 is 5.32 Å². The number of rotatable bonds is 7. The van der Waals surface area contributed by atoms with Gasteiger partial charge < -0.3 is 14.8 Å². The Morgan fingerprint density at radius 3 is 2.94 bits per heavy atom. The van der Waals surface area contributed by atoms with Crippen LogP contribution in [0, 0.1) is 0 Å². The Morgan fingerprint density at radius 1 is 1.50 bits per heavy atom. The highest BCUT2D eigenvalue weighted by atomic mass is 16.5. The molecule has 0 saturated carbocycles. The topological polar surface area (TPSA) is 33.7 Å². The zero-order chi connectivity index (χ0) is 11.8. The van der Waals surface area contributed by atoms with Crippen LogP contribution in [0.15, 0.2) is 0 Å². The van der Waals surface area contributed by atoms with E-state index in [-0.39, 0.29) is 0 Å². The van der Waals surface area contributed by atoms with E-state index in [1.165, 1.54) is 0 Å². The summed E-state index contributed by atoms with van der Waals surface area (Å²) in [5.41, 5.74) is 0. The smallest absolute Gasteiger partial charge is 0.0630 e. The fourth-order valence-electron chi connectivity index (χ4n) is 2.28. The Hall–Kier alpha value is -0.160. The third kappa shape index (κ3) is 4.01. The van der Waals surface area contributed by atoms with Gasteiger partial charge >= 0.3 is 0 Å². The van der Waals surface area contributed by atoms with Gasteiger partial charge in [0.15, 0.2) is 0 Å². The molecule has 0 radical (unpaired) electrons. The Balaban J connectivity index is 2.51. The van der Waals surface area contributed by atoms with Gasteiger partial charge in [0.25, 0.3) is 0 Å². The molecule has 2 atom stereocenters. The van der Waals surface area contributed by atoms with Gasteiger partial charge in [0.1, 0.15) is 0 Å². The van der Waals surface area contributed by atoms with Gasteiger partial charge in [-0.3, -0.25) is 4.90 Å². The van der Waals surface area contributed by atoms with E-state index in [0.717, 1.165) is 45.9 Å². The second-order valence-corrected chi connectivity index (χ2v) is 4.29. The largest absolute Gasteiger partial charge is 0.383 e. The van der Waals surface area contributed by atoms with Crippen LogP contribution in [-0.2, 0) is 9.47 Å². The van der Waals surface area contributed by atoms with Crippen LogP contribution >= 0.6 is 0 Å². The lowest BCUT2D eigenvalue weighted by molar-refractivity contribution is -0.0444. The molecular formula is C12H26N2O2. The Labute approximate surface area is 99.3 Å². The summed E-state index contributed by atoms with van der Waals surface area (Å²) >= 11 is 0. The maximum atomic E-state index is 5.53. The number of morpholine rings is 1. The third-order valence-corrected chi connectivity index (χ3v) is 3.20. The van der Waals surface area contributed by atoms with Gasteiger partial charge in [-0.15, -0.1) is 0 Å². The van der Waals surface area contributed by atoms with Gasteiger partial charge in [0.2, 0.25) is 0 Å². The van der Waals surface area contributed by atoms with Crippen molar-refractivity contribution in [2.75, 3.05) is 46.6 Å². The highest BCUT2D eigenvalue weighted by Crippen LogP contribution is 2.14. The minimum atomic E-state index is 0.471. The summed E-state index contributed by atoms with van der Waals surface area (Å²) in [7, 11) is 1.78. The lowest BCUT2D eigenvalue weighted by Gasteiger charge is -2.40. The summed E-state index contributed by atoms with van der Waals surface area (Å²) in [5.74, 6) is 0.